The van der Waals surface area contributed by atoms with Crippen LogP contribution in [0, 0.1) is 12.7 Å². The molecule has 1 amide bonds. The standard InChI is InChI=1S/C18H19FN4O2S/c1-11-12(4-3-5-13(11)19)10-16-14(6-7-17(24)22-25)21-18(26-16)15-8-9-20-23(15)2/h3-5,8-9,25H,6-7,10H2,1-2H3,(H,22,24). The molecule has 0 unspecified atom stereocenters. The van der Waals surface area contributed by atoms with Gasteiger partial charge in [0.25, 0.3) is 0 Å². The van der Waals surface area contributed by atoms with Gasteiger partial charge in [-0.25, -0.2) is 14.9 Å². The summed E-state index contributed by atoms with van der Waals surface area (Å²) in [4.78, 5) is 17.0. The largest absolute Gasteiger partial charge is 0.289 e. The highest BCUT2D eigenvalue weighted by molar-refractivity contribution is 7.15. The van der Waals surface area contributed by atoms with E-state index in [0.29, 0.717) is 18.4 Å². The van der Waals surface area contributed by atoms with Gasteiger partial charge in [0.1, 0.15) is 10.8 Å². The van der Waals surface area contributed by atoms with Crippen LogP contribution in [0.15, 0.2) is 30.5 Å². The van der Waals surface area contributed by atoms with Crippen molar-refractivity contribution in [2.45, 2.75) is 26.2 Å². The molecule has 8 heteroatoms. The molecule has 2 N–H and O–H groups in total. The average molecular weight is 374 g/mol. The summed E-state index contributed by atoms with van der Waals surface area (Å²) in [6.45, 7) is 1.76. The van der Waals surface area contributed by atoms with E-state index in [0.717, 1.165) is 26.8 Å². The predicted molar refractivity (Wildman–Crippen MR) is 96.5 cm³/mol. The van der Waals surface area contributed by atoms with Crippen LogP contribution in [0.3, 0.4) is 0 Å². The van der Waals surface area contributed by atoms with Gasteiger partial charge in [-0.3, -0.25) is 14.7 Å². The maximum absolute atomic E-state index is 13.9. The Morgan fingerprint density at radius 3 is 2.88 bits per heavy atom. The maximum atomic E-state index is 13.9. The molecule has 0 radical (unpaired) electrons. The van der Waals surface area contributed by atoms with Crippen molar-refractivity contribution >= 4 is 17.2 Å². The van der Waals surface area contributed by atoms with Crippen LogP contribution in [0.1, 0.15) is 28.1 Å². The van der Waals surface area contributed by atoms with Crippen molar-refractivity contribution in [3.8, 4) is 10.7 Å². The van der Waals surface area contributed by atoms with Gasteiger partial charge >= 0.3 is 0 Å². The zero-order chi connectivity index (χ0) is 18.7. The third kappa shape index (κ3) is 3.81. The summed E-state index contributed by atoms with van der Waals surface area (Å²) in [5.74, 6) is -0.701. The molecular weight excluding hydrogens is 355 g/mol. The number of rotatable bonds is 6. The van der Waals surface area contributed by atoms with E-state index in [1.807, 2.05) is 19.2 Å². The molecule has 2 heterocycles. The van der Waals surface area contributed by atoms with E-state index < -0.39 is 5.91 Å². The number of hydrogen-bond donors (Lipinski definition) is 2. The van der Waals surface area contributed by atoms with Crippen LogP contribution in [0.25, 0.3) is 10.7 Å². The zero-order valence-electron chi connectivity index (χ0n) is 14.5. The first kappa shape index (κ1) is 18.2. The first-order valence-electron chi connectivity index (χ1n) is 8.13. The molecule has 0 fully saturated rings. The quantitative estimate of drug-likeness (QED) is 0.513. The Hall–Kier alpha value is -2.58. The number of benzene rings is 1. The average Bonchev–Trinajstić information content (AvgIpc) is 3.22. The monoisotopic (exact) mass is 374 g/mol. The van der Waals surface area contributed by atoms with Crippen molar-refractivity contribution in [3.05, 3.63) is 58.0 Å². The van der Waals surface area contributed by atoms with Crippen molar-refractivity contribution in [2.75, 3.05) is 0 Å². The highest BCUT2D eigenvalue weighted by Crippen LogP contribution is 2.31. The Bertz CT molecular complexity index is 935. The van der Waals surface area contributed by atoms with E-state index >= 15 is 0 Å². The van der Waals surface area contributed by atoms with Crippen molar-refractivity contribution in [1.29, 1.82) is 0 Å². The molecule has 3 aromatic rings. The second kappa shape index (κ2) is 7.76. The number of nitrogens with zero attached hydrogens (tertiary/aromatic N) is 3. The molecule has 0 bridgehead atoms. The van der Waals surface area contributed by atoms with Crippen molar-refractivity contribution < 1.29 is 14.4 Å². The summed E-state index contributed by atoms with van der Waals surface area (Å²) in [5.41, 5.74) is 4.79. The summed E-state index contributed by atoms with van der Waals surface area (Å²) < 4.78 is 15.6. The van der Waals surface area contributed by atoms with E-state index in [1.54, 1.807) is 29.3 Å². The van der Waals surface area contributed by atoms with E-state index in [1.165, 1.54) is 17.4 Å². The first-order chi connectivity index (χ1) is 12.5. The van der Waals surface area contributed by atoms with Crippen molar-refractivity contribution in [3.63, 3.8) is 0 Å². The molecule has 0 spiro atoms. The molecule has 0 saturated heterocycles. The van der Waals surface area contributed by atoms with Crippen LogP contribution in [0.2, 0.25) is 0 Å². The van der Waals surface area contributed by atoms with Crippen LogP contribution < -0.4 is 5.48 Å². The lowest BCUT2D eigenvalue weighted by Crippen LogP contribution is -2.19. The summed E-state index contributed by atoms with van der Waals surface area (Å²) in [6.07, 6.45) is 2.76. The van der Waals surface area contributed by atoms with Gasteiger partial charge in [0.15, 0.2) is 0 Å². The number of thiazole rings is 1. The predicted octanol–water partition coefficient (Wildman–Crippen LogP) is 3.02. The van der Waals surface area contributed by atoms with E-state index in [-0.39, 0.29) is 12.2 Å². The maximum Gasteiger partial charge on any atom is 0.243 e. The summed E-state index contributed by atoms with van der Waals surface area (Å²) in [5, 5.41) is 13.7. The molecule has 26 heavy (non-hydrogen) atoms. The summed E-state index contributed by atoms with van der Waals surface area (Å²) in [7, 11) is 1.84. The number of nitrogens with one attached hydrogen (secondary N) is 1. The highest BCUT2D eigenvalue weighted by Gasteiger charge is 2.17. The van der Waals surface area contributed by atoms with Gasteiger partial charge in [0, 0.05) is 31.0 Å². The number of carbonyl (C=O) groups is 1. The van der Waals surface area contributed by atoms with E-state index in [2.05, 4.69) is 10.1 Å². The fraction of sp³-hybridized carbons (Fsp3) is 0.278. The Kier molecular flexibility index (Phi) is 5.43. The van der Waals surface area contributed by atoms with Gasteiger partial charge in [-0.2, -0.15) is 5.10 Å². The van der Waals surface area contributed by atoms with E-state index in [4.69, 9.17) is 5.21 Å². The van der Waals surface area contributed by atoms with Gasteiger partial charge in [-0.1, -0.05) is 12.1 Å². The van der Waals surface area contributed by atoms with Crippen LogP contribution in [-0.4, -0.2) is 25.9 Å². The second-order valence-electron chi connectivity index (χ2n) is 5.96. The molecule has 1 aromatic carbocycles. The first-order valence-corrected chi connectivity index (χ1v) is 8.95. The Morgan fingerprint density at radius 2 is 2.19 bits per heavy atom. The highest BCUT2D eigenvalue weighted by atomic mass is 32.1. The molecular formula is C18H19FN4O2S. The van der Waals surface area contributed by atoms with Crippen LogP contribution in [0.5, 0.6) is 0 Å². The van der Waals surface area contributed by atoms with Crippen molar-refractivity contribution in [2.24, 2.45) is 7.05 Å². The third-order valence-electron chi connectivity index (χ3n) is 4.26. The Labute approximate surface area is 154 Å². The lowest BCUT2D eigenvalue weighted by molar-refractivity contribution is -0.129. The number of hydroxylamine groups is 1. The third-order valence-corrected chi connectivity index (χ3v) is 5.38. The minimum atomic E-state index is -0.465. The molecule has 0 aliphatic rings. The summed E-state index contributed by atoms with van der Waals surface area (Å²) >= 11 is 1.51. The normalized spacial score (nSPS) is 10.9. The number of amides is 1. The lowest BCUT2D eigenvalue weighted by Gasteiger charge is -2.06. The van der Waals surface area contributed by atoms with Gasteiger partial charge in [0.05, 0.1) is 11.4 Å². The Balaban J connectivity index is 1.95. The number of carbonyl (C=O) groups excluding carboxylic acids is 1. The van der Waals surface area contributed by atoms with Crippen LogP contribution >= 0.6 is 11.3 Å². The molecule has 6 nitrogen and oxygen atoms in total. The number of halogens is 1. The SMILES string of the molecule is Cc1c(F)cccc1Cc1sc(-c2ccnn2C)nc1CCC(=O)NO. The van der Waals surface area contributed by atoms with E-state index in [9.17, 15) is 9.18 Å². The van der Waals surface area contributed by atoms with Gasteiger partial charge in [-0.15, -0.1) is 11.3 Å². The minimum Gasteiger partial charge on any atom is -0.289 e. The molecule has 3 rings (SSSR count). The van der Waals surface area contributed by atoms with Crippen LogP contribution in [-0.2, 0) is 24.7 Å². The smallest absolute Gasteiger partial charge is 0.243 e. The van der Waals surface area contributed by atoms with Crippen LogP contribution in [0.4, 0.5) is 4.39 Å². The molecule has 0 saturated carbocycles. The fourth-order valence-corrected chi connectivity index (χ4v) is 3.90. The number of aromatic nitrogens is 3. The van der Waals surface area contributed by atoms with Gasteiger partial charge < -0.3 is 0 Å². The number of hydrogen-bond acceptors (Lipinski definition) is 5. The van der Waals surface area contributed by atoms with Gasteiger partial charge in [0.2, 0.25) is 5.91 Å². The topological polar surface area (TPSA) is 80.0 Å². The summed E-state index contributed by atoms with van der Waals surface area (Å²) in [6, 6.07) is 6.91. The van der Waals surface area contributed by atoms with Crippen molar-refractivity contribution in [1.82, 2.24) is 20.2 Å². The molecule has 0 atom stereocenters. The molecule has 2 aromatic heterocycles. The second-order valence-corrected chi connectivity index (χ2v) is 7.05. The molecule has 136 valence electrons. The number of aryl methyl sites for hydroxylation is 2. The fourth-order valence-electron chi connectivity index (χ4n) is 2.71. The molecule has 0 aliphatic heterocycles. The zero-order valence-corrected chi connectivity index (χ0v) is 15.3. The Morgan fingerprint density at radius 1 is 1.38 bits per heavy atom. The van der Waals surface area contributed by atoms with Gasteiger partial charge in [-0.05, 0) is 36.6 Å². The lowest BCUT2D eigenvalue weighted by atomic mass is 10.0. The minimum absolute atomic E-state index is 0.125. The molecule has 0 aliphatic carbocycles.